The second kappa shape index (κ2) is 9.45. The molecule has 168 valence electrons. The van der Waals surface area contributed by atoms with Crippen LogP contribution < -0.4 is 10.1 Å². The molecule has 0 aliphatic rings. The average molecular weight is 445 g/mol. The molecule has 2 aromatic rings. The summed E-state index contributed by atoms with van der Waals surface area (Å²) < 4.78 is 80.9. The van der Waals surface area contributed by atoms with Crippen molar-refractivity contribution in [1.29, 1.82) is 0 Å². The zero-order valence-electron chi connectivity index (χ0n) is 17.0. The van der Waals surface area contributed by atoms with Gasteiger partial charge in [-0.1, -0.05) is 19.1 Å². The molecule has 2 aromatic carbocycles. The molecule has 0 unspecified atom stereocenters. The highest BCUT2D eigenvalue weighted by atomic mass is 19.4. The minimum Gasteiger partial charge on any atom is -0.406 e. The van der Waals surface area contributed by atoms with Crippen LogP contribution >= 0.6 is 0 Å². The molecular weight excluding hydrogens is 424 g/mol. The number of alkyl halides is 6. The van der Waals surface area contributed by atoms with E-state index in [0.717, 1.165) is 24.3 Å². The highest BCUT2D eigenvalue weighted by molar-refractivity contribution is 5.97. The summed E-state index contributed by atoms with van der Waals surface area (Å²) in [5.41, 5.74) is 0.682. The number of nitrogens with one attached hydrogen (secondary N) is 1. The second-order valence-electron chi connectivity index (χ2n) is 6.89. The molecule has 3 nitrogen and oxygen atoms in total. The van der Waals surface area contributed by atoms with Gasteiger partial charge in [-0.3, -0.25) is 4.79 Å². The summed E-state index contributed by atoms with van der Waals surface area (Å²) in [7, 11) is 0. The van der Waals surface area contributed by atoms with Crippen LogP contribution in [0, 0.1) is 6.92 Å². The van der Waals surface area contributed by atoms with Crippen molar-refractivity contribution in [3.8, 4) is 16.9 Å². The monoisotopic (exact) mass is 445 g/mol. The topological polar surface area (TPSA) is 38.3 Å². The molecule has 0 radical (unpaired) electrons. The molecule has 0 spiro atoms. The smallest absolute Gasteiger partial charge is 0.406 e. The maximum Gasteiger partial charge on any atom is 0.573 e. The predicted octanol–water partition coefficient (Wildman–Crippen LogP) is 6.51. The van der Waals surface area contributed by atoms with E-state index in [9.17, 15) is 31.1 Å². The van der Waals surface area contributed by atoms with E-state index in [1.807, 2.05) is 6.92 Å². The number of amides is 1. The van der Waals surface area contributed by atoms with Crippen molar-refractivity contribution in [2.45, 2.75) is 39.7 Å². The van der Waals surface area contributed by atoms with Gasteiger partial charge in [0, 0.05) is 12.1 Å². The van der Waals surface area contributed by atoms with Gasteiger partial charge in [0.15, 0.2) is 0 Å². The van der Waals surface area contributed by atoms with Gasteiger partial charge in [0.25, 0.3) is 0 Å². The van der Waals surface area contributed by atoms with Crippen LogP contribution in [-0.2, 0) is 11.0 Å². The number of ether oxygens (including phenoxy) is 1. The molecule has 0 aliphatic heterocycles. The van der Waals surface area contributed by atoms with Crippen LogP contribution in [0.15, 0.2) is 42.0 Å². The van der Waals surface area contributed by atoms with E-state index in [1.54, 1.807) is 6.92 Å². The maximum absolute atomic E-state index is 12.8. The third kappa shape index (κ3) is 6.77. The first-order valence-corrected chi connectivity index (χ1v) is 9.36. The minimum absolute atomic E-state index is 0.253. The lowest BCUT2D eigenvalue weighted by molar-refractivity contribution is -0.274. The van der Waals surface area contributed by atoms with Crippen LogP contribution in [0.25, 0.3) is 17.2 Å². The molecule has 0 aliphatic carbocycles. The highest BCUT2D eigenvalue weighted by Gasteiger charge is 2.32. The summed E-state index contributed by atoms with van der Waals surface area (Å²) in [6.45, 7) is 5.43. The van der Waals surface area contributed by atoms with Gasteiger partial charge in [0.2, 0.25) is 5.91 Å². The van der Waals surface area contributed by atoms with Crippen LogP contribution in [0.4, 0.5) is 26.3 Å². The third-order valence-electron chi connectivity index (χ3n) is 4.44. The Morgan fingerprint density at radius 2 is 1.68 bits per heavy atom. The van der Waals surface area contributed by atoms with Gasteiger partial charge in [-0.2, -0.15) is 13.2 Å². The van der Waals surface area contributed by atoms with E-state index in [2.05, 4.69) is 10.1 Å². The molecule has 2 rings (SSSR count). The molecule has 0 aromatic heterocycles. The molecular formula is C22H21F6NO2. The number of benzene rings is 2. The quantitative estimate of drug-likeness (QED) is 0.407. The van der Waals surface area contributed by atoms with E-state index in [-0.39, 0.29) is 28.2 Å². The normalized spacial score (nSPS) is 12.6. The van der Waals surface area contributed by atoms with Gasteiger partial charge in [0.1, 0.15) is 5.75 Å². The van der Waals surface area contributed by atoms with Gasteiger partial charge in [-0.05, 0) is 72.9 Å². The molecule has 1 N–H and O–H groups in total. The first-order chi connectivity index (χ1) is 14.3. The predicted molar refractivity (Wildman–Crippen MR) is 105 cm³/mol. The Morgan fingerprint density at radius 3 is 2.19 bits per heavy atom. The van der Waals surface area contributed by atoms with E-state index in [0.29, 0.717) is 18.5 Å². The Labute approximate surface area is 175 Å². The standard InChI is InChI=1S/C22H21F6NO2/c1-4-9-29-20(30)13(2)10-16-11-18(31-22(26,27)28)12-19(14(16)3)15-5-7-17(8-6-15)21(23,24)25/h5-8,10-12H,4,9H2,1-3H3,(H,29,30)/b13-10+. The lowest BCUT2D eigenvalue weighted by Gasteiger charge is -2.16. The second-order valence-corrected chi connectivity index (χ2v) is 6.89. The number of hydrogen-bond donors (Lipinski definition) is 1. The number of hydrogen-bond acceptors (Lipinski definition) is 2. The van der Waals surface area contributed by atoms with Crippen molar-refractivity contribution in [2.24, 2.45) is 0 Å². The zero-order valence-corrected chi connectivity index (χ0v) is 17.0. The molecule has 31 heavy (non-hydrogen) atoms. The third-order valence-corrected chi connectivity index (χ3v) is 4.44. The van der Waals surface area contributed by atoms with Gasteiger partial charge >= 0.3 is 12.5 Å². The van der Waals surface area contributed by atoms with Crippen molar-refractivity contribution in [3.05, 3.63) is 58.7 Å². The van der Waals surface area contributed by atoms with E-state index >= 15 is 0 Å². The summed E-state index contributed by atoms with van der Waals surface area (Å²) in [5, 5.41) is 2.67. The molecule has 0 heterocycles. The SMILES string of the molecule is CCCNC(=O)/C(C)=C/c1cc(OC(F)(F)F)cc(-c2ccc(C(F)(F)F)cc2)c1C. The lowest BCUT2D eigenvalue weighted by Crippen LogP contribution is -2.24. The number of rotatable bonds is 6. The number of carbonyl (C=O) groups excluding carboxylic acids is 1. The zero-order chi connectivity index (χ0) is 23.4. The van der Waals surface area contributed by atoms with Crippen molar-refractivity contribution in [1.82, 2.24) is 5.32 Å². The van der Waals surface area contributed by atoms with Crippen LogP contribution in [0.3, 0.4) is 0 Å². The summed E-state index contributed by atoms with van der Waals surface area (Å²) in [4.78, 5) is 12.1. The molecule has 0 saturated carbocycles. The first-order valence-electron chi connectivity index (χ1n) is 9.36. The summed E-state index contributed by atoms with van der Waals surface area (Å²) in [5.74, 6) is -0.916. The summed E-state index contributed by atoms with van der Waals surface area (Å²) in [6.07, 6.45) is -7.37. The Hall–Kier alpha value is -2.97. The van der Waals surface area contributed by atoms with E-state index < -0.39 is 23.9 Å². The summed E-state index contributed by atoms with van der Waals surface area (Å²) >= 11 is 0. The first kappa shape index (κ1) is 24.3. The van der Waals surface area contributed by atoms with Crippen LogP contribution in [0.5, 0.6) is 5.75 Å². The Morgan fingerprint density at radius 1 is 1.06 bits per heavy atom. The largest absolute Gasteiger partial charge is 0.573 e. The molecule has 9 heteroatoms. The van der Waals surface area contributed by atoms with Crippen molar-refractivity contribution in [3.63, 3.8) is 0 Å². The maximum atomic E-state index is 12.8. The van der Waals surface area contributed by atoms with Crippen molar-refractivity contribution in [2.75, 3.05) is 6.54 Å². The van der Waals surface area contributed by atoms with Gasteiger partial charge in [-0.25, -0.2) is 0 Å². The van der Waals surface area contributed by atoms with Gasteiger partial charge < -0.3 is 10.1 Å². The Kier molecular flexibility index (Phi) is 7.41. The van der Waals surface area contributed by atoms with Crippen molar-refractivity contribution < 1.29 is 35.9 Å². The average Bonchev–Trinajstić information content (AvgIpc) is 2.66. The number of carbonyl (C=O) groups is 1. The highest BCUT2D eigenvalue weighted by Crippen LogP contribution is 2.36. The van der Waals surface area contributed by atoms with E-state index in [4.69, 9.17) is 0 Å². The molecule has 0 saturated heterocycles. The minimum atomic E-state index is -4.96. The van der Waals surface area contributed by atoms with Crippen LogP contribution in [-0.4, -0.2) is 18.8 Å². The van der Waals surface area contributed by atoms with Crippen LogP contribution in [0.1, 0.15) is 37.0 Å². The molecule has 0 fully saturated rings. The Balaban J connectivity index is 2.56. The molecule has 0 bridgehead atoms. The van der Waals surface area contributed by atoms with Crippen LogP contribution in [0.2, 0.25) is 0 Å². The van der Waals surface area contributed by atoms with E-state index in [1.165, 1.54) is 25.1 Å². The fourth-order valence-electron chi connectivity index (χ4n) is 2.87. The Bertz CT molecular complexity index is 960. The molecule has 1 amide bonds. The number of halogens is 6. The van der Waals surface area contributed by atoms with Crippen molar-refractivity contribution >= 4 is 12.0 Å². The lowest BCUT2D eigenvalue weighted by atomic mass is 9.94. The fraction of sp³-hybridized carbons (Fsp3) is 0.318. The molecule has 0 atom stereocenters. The van der Waals surface area contributed by atoms with Gasteiger partial charge in [-0.15, -0.1) is 13.2 Å². The summed E-state index contributed by atoms with van der Waals surface area (Å²) in [6, 6.07) is 6.30. The van der Waals surface area contributed by atoms with Gasteiger partial charge in [0.05, 0.1) is 5.56 Å². The fourth-order valence-corrected chi connectivity index (χ4v) is 2.87.